The summed E-state index contributed by atoms with van der Waals surface area (Å²) in [7, 11) is 0. The molecule has 2 aromatic heterocycles. The monoisotopic (exact) mass is 544 g/mol. The lowest BCUT2D eigenvalue weighted by Gasteiger charge is -2.43. The van der Waals surface area contributed by atoms with Gasteiger partial charge in [0.1, 0.15) is 17.5 Å². The molecule has 2 aliphatic rings. The second-order valence-electron chi connectivity index (χ2n) is 10.5. The molecule has 2 atom stereocenters. The summed E-state index contributed by atoms with van der Waals surface area (Å²) < 4.78 is 30.3. The molecular formula is C27H31ClF2N6O2. The van der Waals surface area contributed by atoms with Gasteiger partial charge in [-0.1, -0.05) is 23.7 Å². The Balaban J connectivity index is 1.41. The maximum atomic E-state index is 15.8. The SMILES string of the molecule is Cc1cc(Nc2cc(C3CNC3)c(F)c(C[C@@]3(C(=O)O)CCN(Cc4cccc(Cl)c4F)[C@H](C)C3)n2)n[nH]1. The Labute approximate surface area is 224 Å². The van der Waals surface area contributed by atoms with Gasteiger partial charge in [-0.2, -0.15) is 5.10 Å². The van der Waals surface area contributed by atoms with Crippen LogP contribution in [0.5, 0.6) is 0 Å². The van der Waals surface area contributed by atoms with Gasteiger partial charge in [-0.05, 0) is 50.9 Å². The lowest BCUT2D eigenvalue weighted by molar-refractivity contribution is -0.153. The predicted molar refractivity (Wildman–Crippen MR) is 141 cm³/mol. The highest BCUT2D eigenvalue weighted by Gasteiger charge is 2.45. The molecule has 2 aliphatic heterocycles. The van der Waals surface area contributed by atoms with Crippen LogP contribution in [0.25, 0.3) is 0 Å². The van der Waals surface area contributed by atoms with E-state index >= 15 is 4.39 Å². The molecule has 0 saturated carbocycles. The Morgan fingerprint density at radius 3 is 2.68 bits per heavy atom. The van der Waals surface area contributed by atoms with E-state index in [1.54, 1.807) is 18.2 Å². The largest absolute Gasteiger partial charge is 0.481 e. The van der Waals surface area contributed by atoms with E-state index in [1.165, 1.54) is 6.07 Å². The molecule has 0 radical (unpaired) electrons. The number of piperidine rings is 1. The summed E-state index contributed by atoms with van der Waals surface area (Å²) in [4.78, 5) is 19.3. The summed E-state index contributed by atoms with van der Waals surface area (Å²) >= 11 is 5.95. The van der Waals surface area contributed by atoms with E-state index < -0.39 is 23.0 Å². The third-order valence-electron chi connectivity index (χ3n) is 7.79. The van der Waals surface area contributed by atoms with E-state index in [0.717, 1.165) is 5.69 Å². The van der Waals surface area contributed by atoms with Gasteiger partial charge < -0.3 is 15.7 Å². The molecule has 0 aliphatic carbocycles. The summed E-state index contributed by atoms with van der Waals surface area (Å²) in [6, 6.07) is 8.21. The van der Waals surface area contributed by atoms with Crippen LogP contribution in [-0.2, 0) is 17.8 Å². The first-order chi connectivity index (χ1) is 18.1. The number of carbonyl (C=O) groups is 1. The van der Waals surface area contributed by atoms with Crippen LogP contribution >= 0.6 is 11.6 Å². The van der Waals surface area contributed by atoms with Gasteiger partial charge in [0, 0.05) is 55.3 Å². The highest BCUT2D eigenvalue weighted by molar-refractivity contribution is 6.30. The molecule has 0 amide bonds. The molecule has 2 fully saturated rings. The maximum absolute atomic E-state index is 15.8. The molecule has 2 saturated heterocycles. The topological polar surface area (TPSA) is 106 Å². The van der Waals surface area contributed by atoms with E-state index in [-0.39, 0.29) is 41.9 Å². The molecule has 0 bridgehead atoms. The quantitative estimate of drug-likeness (QED) is 0.323. The Morgan fingerprint density at radius 1 is 1.26 bits per heavy atom. The van der Waals surface area contributed by atoms with E-state index in [1.807, 2.05) is 24.8 Å². The van der Waals surface area contributed by atoms with Gasteiger partial charge in [0.15, 0.2) is 5.82 Å². The molecule has 1 aromatic carbocycles. The number of benzene rings is 1. The fraction of sp³-hybridized carbons (Fsp3) is 0.444. The van der Waals surface area contributed by atoms with Crippen LogP contribution in [0.2, 0.25) is 5.02 Å². The minimum absolute atomic E-state index is 0.00707. The minimum Gasteiger partial charge on any atom is -0.481 e. The molecule has 0 spiro atoms. The van der Waals surface area contributed by atoms with Crippen LogP contribution in [0.1, 0.15) is 48.2 Å². The van der Waals surface area contributed by atoms with Gasteiger partial charge in [-0.3, -0.25) is 14.8 Å². The van der Waals surface area contributed by atoms with Crippen molar-refractivity contribution in [3.63, 3.8) is 0 Å². The second-order valence-corrected chi connectivity index (χ2v) is 10.9. The summed E-state index contributed by atoms with van der Waals surface area (Å²) in [5.74, 6) is -0.917. The van der Waals surface area contributed by atoms with Crippen molar-refractivity contribution in [1.29, 1.82) is 0 Å². The maximum Gasteiger partial charge on any atom is 0.310 e. The number of pyridine rings is 1. The molecule has 38 heavy (non-hydrogen) atoms. The zero-order chi connectivity index (χ0) is 27.0. The standard InChI is InChI=1S/C27H31ClF2N6O2/c1-15-8-23(35-34-15)33-22-9-19(18-12-31-13-18)25(30)21(32-22)11-27(26(37)38)6-7-36(16(2)10-27)14-17-4-3-5-20(28)24(17)29/h3-5,8-9,16,18,31H,6-7,10-14H2,1-2H3,(H,37,38)(H2,32,33,34,35)/t16-,27-/m1/s1. The summed E-state index contributed by atoms with van der Waals surface area (Å²) in [6.07, 6.45) is 0.523. The van der Waals surface area contributed by atoms with Gasteiger partial charge in [-0.25, -0.2) is 13.8 Å². The van der Waals surface area contributed by atoms with Crippen molar-refractivity contribution in [2.45, 2.75) is 51.6 Å². The van der Waals surface area contributed by atoms with E-state index in [9.17, 15) is 14.3 Å². The number of hydrogen-bond acceptors (Lipinski definition) is 6. The molecule has 0 unspecified atom stereocenters. The summed E-state index contributed by atoms with van der Waals surface area (Å²) in [5.41, 5.74) is 0.777. The molecular weight excluding hydrogens is 514 g/mol. The first kappa shape index (κ1) is 26.5. The number of aromatic nitrogens is 3. The Morgan fingerprint density at radius 2 is 2.05 bits per heavy atom. The normalized spacial score (nSPS) is 22.3. The fourth-order valence-electron chi connectivity index (χ4n) is 5.45. The number of halogens is 3. The molecule has 3 aromatic rings. The fourth-order valence-corrected chi connectivity index (χ4v) is 5.65. The number of carboxylic acids is 1. The predicted octanol–water partition coefficient (Wildman–Crippen LogP) is 4.77. The molecule has 4 heterocycles. The van der Waals surface area contributed by atoms with Crippen LogP contribution in [-0.4, -0.2) is 56.8 Å². The van der Waals surface area contributed by atoms with E-state index in [4.69, 9.17) is 11.6 Å². The van der Waals surface area contributed by atoms with Crippen LogP contribution in [0.3, 0.4) is 0 Å². The van der Waals surface area contributed by atoms with Crippen molar-refractivity contribution >= 4 is 29.2 Å². The first-order valence-corrected chi connectivity index (χ1v) is 13.1. The van der Waals surface area contributed by atoms with Crippen molar-refractivity contribution < 1.29 is 18.7 Å². The zero-order valence-corrected chi connectivity index (χ0v) is 22.1. The number of H-pyrrole nitrogens is 1. The van der Waals surface area contributed by atoms with Crippen molar-refractivity contribution in [3.8, 4) is 0 Å². The van der Waals surface area contributed by atoms with Crippen LogP contribution < -0.4 is 10.6 Å². The van der Waals surface area contributed by atoms with Gasteiger partial charge in [0.2, 0.25) is 0 Å². The lowest BCUT2D eigenvalue weighted by Crippen LogP contribution is -2.50. The Bertz CT molecular complexity index is 1350. The van der Waals surface area contributed by atoms with Crippen molar-refractivity contribution in [3.05, 3.63) is 69.5 Å². The van der Waals surface area contributed by atoms with Gasteiger partial charge in [0.25, 0.3) is 0 Å². The number of aryl methyl sites for hydroxylation is 1. The van der Waals surface area contributed by atoms with Crippen molar-refractivity contribution in [2.75, 3.05) is 25.0 Å². The number of hydrogen-bond donors (Lipinski definition) is 4. The highest BCUT2D eigenvalue weighted by atomic mass is 35.5. The zero-order valence-electron chi connectivity index (χ0n) is 21.3. The van der Waals surface area contributed by atoms with E-state index in [0.29, 0.717) is 48.9 Å². The van der Waals surface area contributed by atoms with Gasteiger partial charge >= 0.3 is 5.97 Å². The lowest BCUT2D eigenvalue weighted by atomic mass is 9.72. The van der Waals surface area contributed by atoms with Crippen molar-refractivity contribution in [2.24, 2.45) is 5.41 Å². The molecule has 202 valence electrons. The third-order valence-corrected chi connectivity index (χ3v) is 8.08. The molecule has 5 rings (SSSR count). The Kier molecular flexibility index (Phi) is 7.39. The average molecular weight is 545 g/mol. The van der Waals surface area contributed by atoms with Crippen LogP contribution in [0.15, 0.2) is 30.3 Å². The number of anilines is 2. The first-order valence-electron chi connectivity index (χ1n) is 12.7. The number of nitrogens with zero attached hydrogens (tertiary/aromatic N) is 3. The van der Waals surface area contributed by atoms with Gasteiger partial charge in [-0.15, -0.1) is 0 Å². The van der Waals surface area contributed by atoms with Gasteiger partial charge in [0.05, 0.1) is 16.1 Å². The number of aromatic amines is 1. The second kappa shape index (κ2) is 10.6. The van der Waals surface area contributed by atoms with Crippen LogP contribution in [0.4, 0.5) is 20.4 Å². The summed E-state index contributed by atoms with van der Waals surface area (Å²) in [6.45, 7) is 5.83. The molecule has 11 heteroatoms. The minimum atomic E-state index is -1.20. The molecule has 8 nitrogen and oxygen atoms in total. The van der Waals surface area contributed by atoms with Crippen LogP contribution in [0, 0.1) is 24.0 Å². The highest BCUT2D eigenvalue weighted by Crippen LogP contribution is 2.40. The van der Waals surface area contributed by atoms with E-state index in [2.05, 4.69) is 25.8 Å². The number of nitrogens with one attached hydrogen (secondary N) is 3. The number of rotatable bonds is 8. The smallest absolute Gasteiger partial charge is 0.310 e. The summed E-state index contributed by atoms with van der Waals surface area (Å²) in [5, 5.41) is 23.8. The number of likely N-dealkylation sites (tertiary alicyclic amines) is 1. The third kappa shape index (κ3) is 5.25. The Hall–Kier alpha value is -3.08. The van der Waals surface area contributed by atoms with Crippen molar-refractivity contribution in [1.82, 2.24) is 25.4 Å². The average Bonchev–Trinajstić information content (AvgIpc) is 3.24. The number of aliphatic carboxylic acids is 1. The molecule has 4 N–H and O–H groups in total. The number of carboxylic acid groups (broad SMARTS) is 1.